The highest BCUT2D eigenvalue weighted by molar-refractivity contribution is 7.91. The number of sulfonamides is 1. The van der Waals surface area contributed by atoms with Crippen LogP contribution in [0.5, 0.6) is 5.88 Å². The molecule has 0 unspecified atom stereocenters. The van der Waals surface area contributed by atoms with E-state index in [2.05, 4.69) is 39.8 Å². The summed E-state index contributed by atoms with van der Waals surface area (Å²) in [4.78, 5) is 62.1. The van der Waals surface area contributed by atoms with Crippen LogP contribution in [0.3, 0.4) is 0 Å². The van der Waals surface area contributed by atoms with Gasteiger partial charge in [0.05, 0.1) is 30.7 Å². The maximum absolute atomic E-state index is 14.8. The topological polar surface area (TPSA) is 161 Å². The molecule has 1 aromatic heterocycles. The van der Waals surface area contributed by atoms with Crippen molar-refractivity contribution < 1.29 is 37.1 Å². The zero-order chi connectivity index (χ0) is 37.2. The van der Waals surface area contributed by atoms with Gasteiger partial charge in [-0.15, -0.1) is 6.58 Å². The Hall–Kier alpha value is -4.00. The van der Waals surface area contributed by atoms with Crippen molar-refractivity contribution in [3.63, 3.8) is 0 Å². The lowest BCUT2D eigenvalue weighted by atomic mass is 9.77. The second-order valence-electron chi connectivity index (χ2n) is 15.8. The van der Waals surface area contributed by atoms with E-state index in [0.29, 0.717) is 25.3 Å². The van der Waals surface area contributed by atoms with Crippen molar-refractivity contribution in [2.24, 2.45) is 17.8 Å². The minimum Gasteiger partial charge on any atom is -0.472 e. The highest BCUT2D eigenvalue weighted by atomic mass is 32.2. The van der Waals surface area contributed by atoms with E-state index in [-0.39, 0.29) is 37.6 Å². The molecule has 0 spiro atoms. The Kier molecular flexibility index (Phi) is 11.1. The zero-order valence-corrected chi connectivity index (χ0v) is 31.2. The third-order valence-electron chi connectivity index (χ3n) is 12.0. The lowest BCUT2D eigenvalue weighted by molar-refractivity contribution is -0.152. The van der Waals surface area contributed by atoms with Crippen molar-refractivity contribution in [3.8, 4) is 5.88 Å². The van der Waals surface area contributed by atoms with Crippen LogP contribution in [-0.2, 0) is 40.4 Å². The molecule has 13 heteroatoms. The number of fused-ring (bicyclic) bond motifs is 3. The summed E-state index contributed by atoms with van der Waals surface area (Å²) in [5, 5.41) is 4.08. The molecule has 2 aliphatic heterocycles. The van der Waals surface area contributed by atoms with Crippen molar-refractivity contribution in [2.75, 3.05) is 13.2 Å². The first kappa shape index (κ1) is 37.3. The molecule has 2 aromatic rings. The average Bonchev–Trinajstić information content (AvgIpc) is 4.08. The second kappa shape index (κ2) is 15.8. The Morgan fingerprint density at radius 1 is 0.981 bits per heavy atom. The van der Waals surface area contributed by atoms with Gasteiger partial charge in [-0.2, -0.15) is 0 Å². The number of benzene rings is 1. The summed E-state index contributed by atoms with van der Waals surface area (Å²) in [7, 11) is -3.87. The van der Waals surface area contributed by atoms with Gasteiger partial charge >= 0.3 is 5.97 Å². The van der Waals surface area contributed by atoms with Crippen molar-refractivity contribution in [3.05, 3.63) is 48.7 Å². The number of nitrogens with one attached hydrogen (secondary N) is 2. The van der Waals surface area contributed by atoms with Gasteiger partial charge < -0.3 is 19.7 Å². The van der Waals surface area contributed by atoms with E-state index in [1.165, 1.54) is 10.5 Å². The number of aromatic nitrogens is 1. The van der Waals surface area contributed by atoms with E-state index in [4.69, 9.17) is 9.47 Å². The van der Waals surface area contributed by atoms with Gasteiger partial charge in [-0.3, -0.25) is 23.9 Å². The standard InChI is InChI=1S/C40H52N4O8S/c1-2-29-24-40(29,39(48)43-53(49,50)31-16-17-31)42-36(46)34-22-30-25-44(34)38(47)33(27-12-8-6-9-13-27)23-35(45)51-20-10-5-3-4-7-11-26-14-15-28-18-19-41-37(52-30)32(28)21-26/h2,14-15,18-19,21,27,29-31,33-34H,1,3-13,16-17,20,22-25H2,(H,42,46)(H,43,48)/t29-,30+,33-,34-,40+/m0/s1. The molecule has 3 amide bonds. The van der Waals surface area contributed by atoms with Crippen molar-refractivity contribution in [2.45, 2.75) is 126 Å². The Labute approximate surface area is 311 Å². The normalized spacial score (nSPS) is 29.2. The summed E-state index contributed by atoms with van der Waals surface area (Å²) in [5.41, 5.74) is -0.332. The monoisotopic (exact) mass is 748 g/mol. The van der Waals surface area contributed by atoms with Crippen LogP contribution >= 0.6 is 0 Å². The van der Waals surface area contributed by atoms with E-state index in [9.17, 15) is 27.6 Å². The molecule has 4 bridgehead atoms. The number of pyridine rings is 1. The third kappa shape index (κ3) is 8.39. The first-order chi connectivity index (χ1) is 25.6. The number of ether oxygens (including phenoxy) is 2. The number of cyclic esters (lactones) is 1. The predicted octanol–water partition coefficient (Wildman–Crippen LogP) is 4.89. The summed E-state index contributed by atoms with van der Waals surface area (Å²) in [6.07, 6.45) is 14.1. The van der Waals surface area contributed by atoms with Gasteiger partial charge in [-0.25, -0.2) is 13.4 Å². The van der Waals surface area contributed by atoms with Gasteiger partial charge in [0.25, 0.3) is 5.91 Å². The van der Waals surface area contributed by atoms with Gasteiger partial charge in [-0.05, 0) is 80.4 Å². The lowest BCUT2D eigenvalue weighted by Crippen LogP contribution is -2.57. The zero-order valence-electron chi connectivity index (χ0n) is 30.4. The number of amides is 3. The number of carbonyl (C=O) groups is 4. The molecule has 5 aliphatic rings. The summed E-state index contributed by atoms with van der Waals surface area (Å²) < 4.78 is 39.9. The Bertz CT molecular complexity index is 1840. The first-order valence-corrected chi connectivity index (χ1v) is 21.1. The van der Waals surface area contributed by atoms with Crippen LogP contribution in [0.2, 0.25) is 0 Å². The Morgan fingerprint density at radius 3 is 2.49 bits per heavy atom. The van der Waals surface area contributed by atoms with Gasteiger partial charge in [0.15, 0.2) is 0 Å². The number of esters is 1. The number of hydrogen-bond donors (Lipinski definition) is 2. The molecular weight excluding hydrogens is 697 g/mol. The molecule has 1 saturated heterocycles. The molecule has 7 rings (SSSR count). The van der Waals surface area contributed by atoms with E-state index < -0.39 is 62.6 Å². The highest BCUT2D eigenvalue weighted by Crippen LogP contribution is 2.46. The fourth-order valence-electron chi connectivity index (χ4n) is 8.58. The molecule has 2 N–H and O–H groups in total. The minimum atomic E-state index is -3.87. The van der Waals surface area contributed by atoms with Crippen LogP contribution in [0.1, 0.15) is 102 Å². The van der Waals surface area contributed by atoms with Gasteiger partial charge in [-0.1, -0.05) is 56.7 Å². The van der Waals surface area contributed by atoms with Crippen molar-refractivity contribution in [1.29, 1.82) is 0 Å². The van der Waals surface area contributed by atoms with Crippen LogP contribution in [0.25, 0.3) is 10.8 Å². The number of carbonyl (C=O) groups excluding carboxylic acids is 4. The average molecular weight is 749 g/mol. The molecule has 0 radical (unpaired) electrons. The molecule has 5 atom stereocenters. The predicted molar refractivity (Wildman–Crippen MR) is 198 cm³/mol. The van der Waals surface area contributed by atoms with Crippen LogP contribution < -0.4 is 14.8 Å². The molecular formula is C40H52N4O8S. The fraction of sp³-hybridized carbons (Fsp3) is 0.625. The number of aryl methyl sites for hydroxylation is 1. The van der Waals surface area contributed by atoms with Gasteiger partial charge in [0.2, 0.25) is 27.7 Å². The van der Waals surface area contributed by atoms with Crippen molar-refractivity contribution >= 4 is 44.5 Å². The van der Waals surface area contributed by atoms with E-state index in [1.807, 2.05) is 6.07 Å². The first-order valence-electron chi connectivity index (χ1n) is 19.6. The van der Waals surface area contributed by atoms with Crippen molar-refractivity contribution in [1.82, 2.24) is 19.9 Å². The largest absolute Gasteiger partial charge is 0.472 e. The van der Waals surface area contributed by atoms with Gasteiger partial charge in [0, 0.05) is 23.9 Å². The maximum Gasteiger partial charge on any atom is 0.306 e. The SMILES string of the molecule is C=C[C@H]1C[C@]1(NC(=O)[C@@H]1C[C@@H]2CN1C(=O)[C@H](C1CCCCC1)CC(=O)OCCCCCCCc1ccc3ccnc(c3c1)O2)C(=O)NS(=O)(=O)C1CC1. The fourth-order valence-corrected chi connectivity index (χ4v) is 9.95. The van der Waals surface area contributed by atoms with Crippen LogP contribution in [0.4, 0.5) is 0 Å². The van der Waals surface area contributed by atoms with E-state index in [0.717, 1.165) is 81.4 Å². The molecule has 1 aromatic carbocycles. The number of nitrogens with zero attached hydrogens (tertiary/aromatic N) is 2. The quantitative estimate of drug-likeness (QED) is 0.297. The third-order valence-corrected chi connectivity index (χ3v) is 13.8. The lowest BCUT2D eigenvalue weighted by Gasteiger charge is -2.34. The Morgan fingerprint density at radius 2 is 1.74 bits per heavy atom. The highest BCUT2D eigenvalue weighted by Gasteiger charge is 2.62. The minimum absolute atomic E-state index is 0.0400. The van der Waals surface area contributed by atoms with E-state index in [1.54, 1.807) is 12.3 Å². The molecule has 12 nitrogen and oxygen atoms in total. The molecule has 286 valence electrons. The smallest absolute Gasteiger partial charge is 0.306 e. The summed E-state index contributed by atoms with van der Waals surface area (Å²) in [5.74, 6) is -2.88. The molecule has 4 fully saturated rings. The maximum atomic E-state index is 14.8. The van der Waals surface area contributed by atoms with Crippen LogP contribution in [-0.4, -0.2) is 78.1 Å². The molecule has 53 heavy (non-hydrogen) atoms. The van der Waals surface area contributed by atoms with E-state index >= 15 is 0 Å². The van der Waals surface area contributed by atoms with Crippen LogP contribution in [0.15, 0.2) is 43.1 Å². The van der Waals surface area contributed by atoms with Crippen LogP contribution in [0, 0.1) is 17.8 Å². The number of hydrogen-bond acceptors (Lipinski definition) is 9. The van der Waals surface area contributed by atoms with Gasteiger partial charge in [0.1, 0.15) is 17.7 Å². The summed E-state index contributed by atoms with van der Waals surface area (Å²) >= 11 is 0. The second-order valence-corrected chi connectivity index (χ2v) is 17.7. The Balaban J connectivity index is 1.20. The molecule has 3 saturated carbocycles. The molecule has 3 aliphatic carbocycles. The summed E-state index contributed by atoms with van der Waals surface area (Å²) in [6, 6.07) is 7.19. The summed E-state index contributed by atoms with van der Waals surface area (Å²) in [6.45, 7) is 4.19. The molecule has 3 heterocycles. The number of rotatable bonds is 7.